The molecule has 3 nitrogen and oxygen atoms in total. The highest BCUT2D eigenvalue weighted by Gasteiger charge is 2.33. The average Bonchev–Trinajstić information content (AvgIpc) is 2.51. The van der Waals surface area contributed by atoms with Crippen molar-refractivity contribution in [3.05, 3.63) is 35.1 Å². The highest BCUT2D eigenvalue weighted by atomic mass is 19.1. The van der Waals surface area contributed by atoms with E-state index < -0.39 is 0 Å². The first-order valence-electron chi connectivity index (χ1n) is 7.71. The average molecular weight is 292 g/mol. The van der Waals surface area contributed by atoms with Gasteiger partial charge in [-0.05, 0) is 48.9 Å². The number of carbonyl (C=O) groups is 1. The summed E-state index contributed by atoms with van der Waals surface area (Å²) < 4.78 is 13.4. The number of benzene rings is 1. The van der Waals surface area contributed by atoms with E-state index in [9.17, 15) is 9.18 Å². The second-order valence-corrected chi connectivity index (χ2v) is 6.44. The number of hydrogen-bond acceptors (Lipinski definition) is 2. The van der Waals surface area contributed by atoms with Crippen LogP contribution in [-0.4, -0.2) is 23.4 Å². The van der Waals surface area contributed by atoms with Crippen LogP contribution >= 0.6 is 0 Å². The Morgan fingerprint density at radius 3 is 2.76 bits per heavy atom. The van der Waals surface area contributed by atoms with Crippen LogP contribution in [0.5, 0.6) is 0 Å². The van der Waals surface area contributed by atoms with Crippen LogP contribution in [0.2, 0.25) is 0 Å². The fraction of sp³-hybridized carbons (Fsp3) is 0.588. The quantitative estimate of drug-likeness (QED) is 0.930. The molecular weight excluding hydrogens is 267 g/mol. The van der Waals surface area contributed by atoms with Crippen LogP contribution in [0.15, 0.2) is 18.2 Å². The summed E-state index contributed by atoms with van der Waals surface area (Å²) in [6.45, 7) is 6.76. The summed E-state index contributed by atoms with van der Waals surface area (Å²) in [4.78, 5) is 14.4. The van der Waals surface area contributed by atoms with Crippen molar-refractivity contribution in [3.63, 3.8) is 0 Å². The van der Waals surface area contributed by atoms with Crippen molar-refractivity contribution in [1.29, 1.82) is 0 Å². The van der Waals surface area contributed by atoms with E-state index in [0.29, 0.717) is 18.9 Å². The number of halogens is 1. The summed E-state index contributed by atoms with van der Waals surface area (Å²) in [6.07, 6.45) is 2.20. The van der Waals surface area contributed by atoms with Crippen LogP contribution in [0.4, 0.5) is 4.39 Å². The zero-order valence-electron chi connectivity index (χ0n) is 13.1. The summed E-state index contributed by atoms with van der Waals surface area (Å²) >= 11 is 0. The fourth-order valence-electron chi connectivity index (χ4n) is 3.15. The molecule has 1 heterocycles. The normalized spacial score (nSPS) is 23.5. The zero-order chi connectivity index (χ0) is 15.6. The summed E-state index contributed by atoms with van der Waals surface area (Å²) in [7, 11) is 0. The van der Waals surface area contributed by atoms with Gasteiger partial charge in [-0.15, -0.1) is 0 Å². The Hall–Kier alpha value is -1.42. The molecule has 116 valence electrons. The van der Waals surface area contributed by atoms with Crippen molar-refractivity contribution in [1.82, 2.24) is 4.90 Å². The van der Waals surface area contributed by atoms with Crippen molar-refractivity contribution in [2.24, 2.45) is 11.7 Å². The lowest BCUT2D eigenvalue weighted by Gasteiger charge is -2.36. The van der Waals surface area contributed by atoms with E-state index >= 15 is 0 Å². The molecule has 0 bridgehead atoms. The fourth-order valence-corrected chi connectivity index (χ4v) is 3.15. The van der Waals surface area contributed by atoms with Gasteiger partial charge in [-0.1, -0.05) is 19.9 Å². The van der Waals surface area contributed by atoms with Crippen molar-refractivity contribution in [3.8, 4) is 0 Å². The maximum Gasteiger partial charge on any atom is 0.223 e. The molecule has 1 fully saturated rings. The molecule has 2 atom stereocenters. The lowest BCUT2D eigenvalue weighted by atomic mass is 9.92. The summed E-state index contributed by atoms with van der Waals surface area (Å²) in [5.74, 6) is 0.285. The Morgan fingerprint density at radius 2 is 2.14 bits per heavy atom. The van der Waals surface area contributed by atoms with E-state index in [-0.39, 0.29) is 23.8 Å². The van der Waals surface area contributed by atoms with Crippen LogP contribution in [-0.2, 0) is 4.79 Å². The molecule has 2 unspecified atom stereocenters. The SMILES string of the molecule is Cc1cc(F)ccc1C1C(N)CCCC(=O)N1CC(C)C. The predicted octanol–water partition coefficient (Wildman–Crippen LogP) is 3.17. The van der Waals surface area contributed by atoms with E-state index in [0.717, 1.165) is 24.0 Å². The monoisotopic (exact) mass is 292 g/mol. The molecule has 4 heteroatoms. The first-order valence-corrected chi connectivity index (χ1v) is 7.71. The first kappa shape index (κ1) is 16.0. The standard InChI is InChI=1S/C17H25FN2O/c1-11(2)10-20-16(21)6-4-5-15(19)17(20)14-8-7-13(18)9-12(14)3/h7-9,11,15,17H,4-6,10,19H2,1-3H3. The third kappa shape index (κ3) is 3.62. The molecule has 0 aliphatic carbocycles. The molecular formula is C17H25FN2O. The van der Waals surface area contributed by atoms with Crippen molar-refractivity contribution < 1.29 is 9.18 Å². The van der Waals surface area contributed by atoms with Crippen LogP contribution in [0, 0.1) is 18.7 Å². The lowest BCUT2D eigenvalue weighted by molar-refractivity contribution is -0.133. The van der Waals surface area contributed by atoms with Gasteiger partial charge >= 0.3 is 0 Å². The summed E-state index contributed by atoms with van der Waals surface area (Å²) in [5.41, 5.74) is 8.19. The number of carbonyl (C=O) groups excluding carboxylic acids is 1. The van der Waals surface area contributed by atoms with E-state index in [1.54, 1.807) is 6.07 Å². The molecule has 0 spiro atoms. The number of hydrogen-bond donors (Lipinski definition) is 1. The number of amides is 1. The number of aryl methyl sites for hydroxylation is 1. The highest BCUT2D eigenvalue weighted by molar-refractivity contribution is 5.77. The third-order valence-corrected chi connectivity index (χ3v) is 4.10. The van der Waals surface area contributed by atoms with Crippen molar-refractivity contribution in [2.75, 3.05) is 6.54 Å². The topological polar surface area (TPSA) is 46.3 Å². The van der Waals surface area contributed by atoms with Gasteiger partial charge in [0.2, 0.25) is 5.91 Å². The second-order valence-electron chi connectivity index (χ2n) is 6.44. The number of likely N-dealkylation sites (tertiary alicyclic amines) is 1. The van der Waals surface area contributed by atoms with Gasteiger partial charge in [0.25, 0.3) is 0 Å². The Kier molecular flexibility index (Phi) is 4.99. The van der Waals surface area contributed by atoms with Gasteiger partial charge < -0.3 is 10.6 Å². The summed E-state index contributed by atoms with van der Waals surface area (Å²) in [5, 5.41) is 0. The minimum Gasteiger partial charge on any atom is -0.334 e. The van der Waals surface area contributed by atoms with Crippen LogP contribution in [0.1, 0.15) is 50.3 Å². The minimum absolute atomic E-state index is 0.0978. The Bertz CT molecular complexity index is 516. The van der Waals surface area contributed by atoms with Gasteiger partial charge in [0.15, 0.2) is 0 Å². The van der Waals surface area contributed by atoms with Gasteiger partial charge in [0, 0.05) is 19.0 Å². The Labute approximate surface area is 126 Å². The van der Waals surface area contributed by atoms with Crippen LogP contribution in [0.25, 0.3) is 0 Å². The molecule has 2 rings (SSSR count). The predicted molar refractivity (Wildman–Crippen MR) is 82.3 cm³/mol. The Balaban J connectivity index is 2.43. The second kappa shape index (κ2) is 6.56. The molecule has 1 saturated heterocycles. The van der Waals surface area contributed by atoms with E-state index in [1.165, 1.54) is 12.1 Å². The maximum absolute atomic E-state index is 13.4. The minimum atomic E-state index is -0.250. The number of nitrogens with two attached hydrogens (primary N) is 1. The molecule has 1 aromatic carbocycles. The molecule has 2 N–H and O–H groups in total. The molecule has 1 aliphatic rings. The highest BCUT2D eigenvalue weighted by Crippen LogP contribution is 2.32. The zero-order valence-corrected chi connectivity index (χ0v) is 13.1. The van der Waals surface area contributed by atoms with E-state index in [4.69, 9.17) is 5.73 Å². The number of rotatable bonds is 3. The summed E-state index contributed by atoms with van der Waals surface area (Å²) in [6, 6.07) is 4.51. The van der Waals surface area contributed by atoms with Crippen molar-refractivity contribution in [2.45, 2.75) is 52.1 Å². The van der Waals surface area contributed by atoms with Gasteiger partial charge in [0.05, 0.1) is 6.04 Å². The van der Waals surface area contributed by atoms with Gasteiger partial charge in [-0.2, -0.15) is 0 Å². The number of nitrogens with zero attached hydrogens (tertiary/aromatic N) is 1. The Morgan fingerprint density at radius 1 is 1.43 bits per heavy atom. The molecule has 1 amide bonds. The largest absolute Gasteiger partial charge is 0.334 e. The van der Waals surface area contributed by atoms with Gasteiger partial charge in [-0.25, -0.2) is 4.39 Å². The van der Waals surface area contributed by atoms with Gasteiger partial charge in [-0.3, -0.25) is 4.79 Å². The molecule has 0 saturated carbocycles. The molecule has 21 heavy (non-hydrogen) atoms. The van der Waals surface area contributed by atoms with E-state index in [2.05, 4.69) is 13.8 Å². The maximum atomic E-state index is 13.4. The lowest BCUT2D eigenvalue weighted by Crippen LogP contribution is -2.44. The van der Waals surface area contributed by atoms with Crippen molar-refractivity contribution >= 4 is 5.91 Å². The molecule has 0 aromatic heterocycles. The molecule has 0 radical (unpaired) electrons. The molecule has 1 aliphatic heterocycles. The molecule has 1 aromatic rings. The van der Waals surface area contributed by atoms with Crippen LogP contribution < -0.4 is 5.73 Å². The van der Waals surface area contributed by atoms with Gasteiger partial charge in [0.1, 0.15) is 5.82 Å². The van der Waals surface area contributed by atoms with E-state index in [1.807, 2.05) is 11.8 Å². The third-order valence-electron chi connectivity index (χ3n) is 4.10. The first-order chi connectivity index (χ1) is 9.90. The van der Waals surface area contributed by atoms with Crippen LogP contribution in [0.3, 0.4) is 0 Å². The smallest absolute Gasteiger partial charge is 0.223 e.